The van der Waals surface area contributed by atoms with Crippen molar-refractivity contribution in [1.82, 2.24) is 10.2 Å². The van der Waals surface area contributed by atoms with E-state index >= 15 is 0 Å². The fourth-order valence-corrected chi connectivity index (χ4v) is 2.49. The molecule has 3 nitrogen and oxygen atoms in total. The Bertz CT molecular complexity index is 414. The number of nitriles is 1. The molecule has 1 aliphatic rings. The van der Waals surface area contributed by atoms with Crippen molar-refractivity contribution in [1.29, 1.82) is 5.26 Å². The third-order valence-electron chi connectivity index (χ3n) is 3.75. The van der Waals surface area contributed by atoms with E-state index in [0.717, 1.165) is 24.2 Å². The third-order valence-corrected chi connectivity index (χ3v) is 3.75. The molecule has 0 saturated carbocycles. The van der Waals surface area contributed by atoms with E-state index in [1.807, 2.05) is 24.3 Å². The quantitative estimate of drug-likeness (QED) is 0.880. The van der Waals surface area contributed by atoms with Gasteiger partial charge in [0.1, 0.15) is 0 Å². The molecule has 0 aromatic heterocycles. The molecule has 1 heterocycles. The first-order chi connectivity index (χ1) is 8.83. The van der Waals surface area contributed by atoms with E-state index in [2.05, 4.69) is 23.2 Å². The van der Waals surface area contributed by atoms with Crippen LogP contribution in [-0.2, 0) is 6.54 Å². The Morgan fingerprint density at radius 1 is 1.33 bits per heavy atom. The van der Waals surface area contributed by atoms with Crippen LogP contribution in [0.25, 0.3) is 0 Å². The first-order valence-electron chi connectivity index (χ1n) is 6.77. The Morgan fingerprint density at radius 2 is 2.06 bits per heavy atom. The van der Waals surface area contributed by atoms with E-state index in [1.54, 1.807) is 0 Å². The predicted octanol–water partition coefficient (Wildman–Crippen LogP) is 2.13. The van der Waals surface area contributed by atoms with Crippen molar-refractivity contribution < 1.29 is 0 Å². The lowest BCUT2D eigenvalue weighted by atomic mass is 10.0. The van der Waals surface area contributed by atoms with Gasteiger partial charge in [-0.05, 0) is 44.1 Å². The summed E-state index contributed by atoms with van der Waals surface area (Å²) in [5.74, 6) is 0. The Labute approximate surface area is 109 Å². The molecule has 3 heteroatoms. The highest BCUT2D eigenvalue weighted by molar-refractivity contribution is 5.37. The standard InChI is InChI=1S/C15H21N3/c1-2-18-9-7-15(8-10-18)17-12-14-6-4-3-5-13(14)11-16/h3-6,15,17H,2,7-10,12H2,1H3. The molecule has 0 radical (unpaired) electrons. The summed E-state index contributed by atoms with van der Waals surface area (Å²) in [6, 6.07) is 10.7. The molecule has 2 rings (SSSR count). The maximum atomic E-state index is 9.04. The topological polar surface area (TPSA) is 39.1 Å². The molecule has 96 valence electrons. The van der Waals surface area contributed by atoms with Crippen LogP contribution < -0.4 is 5.32 Å². The number of nitrogens with one attached hydrogen (secondary N) is 1. The Morgan fingerprint density at radius 3 is 2.72 bits per heavy atom. The summed E-state index contributed by atoms with van der Waals surface area (Å²) in [7, 11) is 0. The van der Waals surface area contributed by atoms with Gasteiger partial charge >= 0.3 is 0 Å². The van der Waals surface area contributed by atoms with Gasteiger partial charge < -0.3 is 10.2 Å². The van der Waals surface area contributed by atoms with Crippen LogP contribution in [0.5, 0.6) is 0 Å². The third kappa shape index (κ3) is 3.32. The summed E-state index contributed by atoms with van der Waals surface area (Å²) in [5, 5.41) is 12.6. The van der Waals surface area contributed by atoms with Gasteiger partial charge in [0.25, 0.3) is 0 Å². The van der Waals surface area contributed by atoms with Gasteiger partial charge in [-0.3, -0.25) is 0 Å². The van der Waals surface area contributed by atoms with Crippen molar-refractivity contribution in [2.75, 3.05) is 19.6 Å². The minimum atomic E-state index is 0.597. The van der Waals surface area contributed by atoms with Crippen molar-refractivity contribution in [2.45, 2.75) is 32.4 Å². The minimum absolute atomic E-state index is 0.597. The summed E-state index contributed by atoms with van der Waals surface area (Å²) in [4.78, 5) is 2.49. The first kappa shape index (κ1) is 13.1. The predicted molar refractivity (Wildman–Crippen MR) is 73.1 cm³/mol. The van der Waals surface area contributed by atoms with Crippen LogP contribution in [0.3, 0.4) is 0 Å². The molecule has 0 amide bonds. The van der Waals surface area contributed by atoms with Gasteiger partial charge in [0.2, 0.25) is 0 Å². The smallest absolute Gasteiger partial charge is 0.0995 e. The maximum Gasteiger partial charge on any atom is 0.0995 e. The van der Waals surface area contributed by atoms with Crippen molar-refractivity contribution in [3.63, 3.8) is 0 Å². The van der Waals surface area contributed by atoms with E-state index in [0.29, 0.717) is 6.04 Å². The van der Waals surface area contributed by atoms with Gasteiger partial charge in [-0.2, -0.15) is 5.26 Å². The average Bonchev–Trinajstić information content (AvgIpc) is 2.46. The van der Waals surface area contributed by atoms with Crippen LogP contribution in [0, 0.1) is 11.3 Å². The van der Waals surface area contributed by atoms with Crippen LogP contribution >= 0.6 is 0 Å². The Kier molecular flexibility index (Phi) is 4.74. The van der Waals surface area contributed by atoms with Gasteiger partial charge in [-0.25, -0.2) is 0 Å². The molecule has 0 aliphatic carbocycles. The normalized spacial score (nSPS) is 17.6. The Balaban J connectivity index is 1.84. The van der Waals surface area contributed by atoms with E-state index in [1.165, 1.54) is 25.9 Å². The highest BCUT2D eigenvalue weighted by atomic mass is 15.1. The van der Waals surface area contributed by atoms with E-state index in [4.69, 9.17) is 5.26 Å². The second kappa shape index (κ2) is 6.53. The molecular weight excluding hydrogens is 222 g/mol. The fourth-order valence-electron chi connectivity index (χ4n) is 2.49. The minimum Gasteiger partial charge on any atom is -0.310 e. The zero-order valence-corrected chi connectivity index (χ0v) is 11.0. The van der Waals surface area contributed by atoms with E-state index < -0.39 is 0 Å². The molecule has 1 N–H and O–H groups in total. The van der Waals surface area contributed by atoms with Crippen LogP contribution in [0.1, 0.15) is 30.9 Å². The molecule has 0 atom stereocenters. The van der Waals surface area contributed by atoms with Crippen LogP contribution in [0.2, 0.25) is 0 Å². The largest absolute Gasteiger partial charge is 0.310 e. The number of hydrogen-bond acceptors (Lipinski definition) is 3. The fraction of sp³-hybridized carbons (Fsp3) is 0.533. The molecule has 18 heavy (non-hydrogen) atoms. The number of hydrogen-bond donors (Lipinski definition) is 1. The number of benzene rings is 1. The van der Waals surface area contributed by atoms with Crippen LogP contribution in [0.15, 0.2) is 24.3 Å². The SMILES string of the molecule is CCN1CCC(NCc2ccccc2C#N)CC1. The first-order valence-corrected chi connectivity index (χ1v) is 6.77. The molecule has 0 spiro atoms. The molecule has 1 aromatic rings. The van der Waals surface area contributed by atoms with Gasteiger partial charge in [0.05, 0.1) is 11.6 Å². The molecule has 0 unspecified atom stereocenters. The monoisotopic (exact) mass is 243 g/mol. The maximum absolute atomic E-state index is 9.04. The average molecular weight is 243 g/mol. The van der Waals surface area contributed by atoms with Gasteiger partial charge in [-0.15, -0.1) is 0 Å². The number of nitrogens with zero attached hydrogens (tertiary/aromatic N) is 2. The lowest BCUT2D eigenvalue weighted by Crippen LogP contribution is -2.42. The number of likely N-dealkylation sites (tertiary alicyclic amines) is 1. The molecule has 1 saturated heterocycles. The number of rotatable bonds is 4. The van der Waals surface area contributed by atoms with Crippen molar-refractivity contribution in [3.8, 4) is 6.07 Å². The lowest BCUT2D eigenvalue weighted by Gasteiger charge is -2.31. The van der Waals surface area contributed by atoms with E-state index in [9.17, 15) is 0 Å². The second-order valence-corrected chi connectivity index (χ2v) is 4.86. The molecule has 0 bridgehead atoms. The van der Waals surface area contributed by atoms with Gasteiger partial charge in [0, 0.05) is 12.6 Å². The molecule has 1 aromatic carbocycles. The second-order valence-electron chi connectivity index (χ2n) is 4.86. The molecule has 1 aliphatic heterocycles. The molecular formula is C15H21N3. The lowest BCUT2D eigenvalue weighted by molar-refractivity contribution is 0.206. The summed E-state index contributed by atoms with van der Waals surface area (Å²) in [6.07, 6.45) is 2.42. The van der Waals surface area contributed by atoms with Gasteiger partial charge in [-0.1, -0.05) is 25.1 Å². The number of piperidine rings is 1. The van der Waals surface area contributed by atoms with Crippen molar-refractivity contribution >= 4 is 0 Å². The van der Waals surface area contributed by atoms with Crippen LogP contribution in [-0.4, -0.2) is 30.6 Å². The summed E-state index contributed by atoms with van der Waals surface area (Å²) < 4.78 is 0. The van der Waals surface area contributed by atoms with Crippen molar-refractivity contribution in [3.05, 3.63) is 35.4 Å². The van der Waals surface area contributed by atoms with E-state index in [-0.39, 0.29) is 0 Å². The Hall–Kier alpha value is -1.37. The summed E-state index contributed by atoms with van der Waals surface area (Å²) in [6.45, 7) is 6.56. The zero-order chi connectivity index (χ0) is 12.8. The summed E-state index contributed by atoms with van der Waals surface area (Å²) in [5.41, 5.74) is 1.90. The van der Waals surface area contributed by atoms with Gasteiger partial charge in [0.15, 0.2) is 0 Å². The molecule has 1 fully saturated rings. The zero-order valence-electron chi connectivity index (χ0n) is 11.0. The van der Waals surface area contributed by atoms with Crippen LogP contribution in [0.4, 0.5) is 0 Å². The van der Waals surface area contributed by atoms with Crippen molar-refractivity contribution in [2.24, 2.45) is 0 Å². The summed E-state index contributed by atoms with van der Waals surface area (Å²) >= 11 is 0. The highest BCUT2D eigenvalue weighted by Crippen LogP contribution is 2.12. The highest BCUT2D eigenvalue weighted by Gasteiger charge is 2.17.